The summed E-state index contributed by atoms with van der Waals surface area (Å²) in [6.07, 6.45) is 4.74. The average Bonchev–Trinajstić information content (AvgIpc) is 3.04. The maximum atomic E-state index is 4.30. The van der Waals surface area contributed by atoms with Gasteiger partial charge < -0.3 is 10.6 Å². The van der Waals surface area contributed by atoms with Crippen LogP contribution in [0, 0.1) is 5.92 Å². The summed E-state index contributed by atoms with van der Waals surface area (Å²) in [4.78, 5) is 8.36. The lowest BCUT2D eigenvalue weighted by atomic mass is 9.98. The molecule has 0 radical (unpaired) electrons. The first-order chi connectivity index (χ1) is 10.8. The third kappa shape index (κ3) is 8.09. The van der Waals surface area contributed by atoms with Gasteiger partial charge in [-0.15, -0.1) is 35.3 Å². The lowest BCUT2D eigenvalue weighted by molar-refractivity contribution is 0.169. The molecular formula is C16H29IN4S2. The van der Waals surface area contributed by atoms with E-state index in [1.54, 1.807) is 0 Å². The van der Waals surface area contributed by atoms with Crippen molar-refractivity contribution in [2.75, 3.05) is 45.2 Å². The number of likely N-dealkylation sites (tertiary alicyclic amines) is 1. The molecule has 23 heavy (non-hydrogen) atoms. The lowest BCUT2D eigenvalue weighted by Gasteiger charge is -2.32. The minimum absolute atomic E-state index is 0. The number of thioether (sulfide) groups is 1. The van der Waals surface area contributed by atoms with Crippen LogP contribution in [-0.4, -0.2) is 56.1 Å². The fraction of sp³-hybridized carbons (Fsp3) is 0.688. The molecule has 7 heteroatoms. The number of rotatable bonds is 7. The number of nitrogens with one attached hydrogen (secondary N) is 2. The molecule has 2 heterocycles. The van der Waals surface area contributed by atoms with Gasteiger partial charge >= 0.3 is 0 Å². The highest BCUT2D eigenvalue weighted by Gasteiger charge is 2.20. The first-order valence-electron chi connectivity index (χ1n) is 8.00. The quantitative estimate of drug-likeness (QED) is 0.279. The maximum Gasteiger partial charge on any atom is 0.191 e. The molecule has 1 aliphatic rings. The van der Waals surface area contributed by atoms with Gasteiger partial charge in [-0.05, 0) is 43.0 Å². The molecule has 2 rings (SSSR count). The van der Waals surface area contributed by atoms with Crippen LogP contribution in [0.25, 0.3) is 0 Å². The van der Waals surface area contributed by atoms with Crippen LogP contribution in [0.1, 0.15) is 17.7 Å². The predicted octanol–water partition coefficient (Wildman–Crippen LogP) is 3.11. The molecule has 1 fully saturated rings. The molecule has 0 spiro atoms. The molecule has 1 aromatic heterocycles. The van der Waals surface area contributed by atoms with Gasteiger partial charge in [-0.2, -0.15) is 11.8 Å². The monoisotopic (exact) mass is 468 g/mol. The van der Waals surface area contributed by atoms with E-state index in [2.05, 4.69) is 44.3 Å². The Hall–Kier alpha value is 0.01000. The topological polar surface area (TPSA) is 39.7 Å². The van der Waals surface area contributed by atoms with Gasteiger partial charge in [0, 0.05) is 43.9 Å². The number of thiophene rings is 1. The van der Waals surface area contributed by atoms with Crippen molar-refractivity contribution in [3.05, 3.63) is 22.4 Å². The van der Waals surface area contributed by atoms with E-state index in [4.69, 9.17) is 0 Å². The van der Waals surface area contributed by atoms with E-state index >= 15 is 0 Å². The van der Waals surface area contributed by atoms with Gasteiger partial charge in [0.05, 0.1) is 0 Å². The zero-order chi connectivity index (χ0) is 15.6. The molecule has 0 amide bonds. The Kier molecular flexibility index (Phi) is 11.3. The Morgan fingerprint density at radius 2 is 2.35 bits per heavy atom. The van der Waals surface area contributed by atoms with Crippen molar-refractivity contribution < 1.29 is 0 Å². The summed E-state index contributed by atoms with van der Waals surface area (Å²) in [5.41, 5.74) is 0. The molecule has 1 aliphatic heterocycles. The molecule has 0 aromatic carbocycles. The third-order valence-corrected chi connectivity index (χ3v) is 5.42. The molecule has 1 saturated heterocycles. The minimum Gasteiger partial charge on any atom is -0.356 e. The summed E-state index contributed by atoms with van der Waals surface area (Å²) < 4.78 is 0. The minimum atomic E-state index is 0. The Labute approximate surface area is 165 Å². The fourth-order valence-electron chi connectivity index (χ4n) is 2.82. The fourth-order valence-corrected chi connectivity index (χ4v) is 3.87. The van der Waals surface area contributed by atoms with Gasteiger partial charge in [-0.1, -0.05) is 6.07 Å². The largest absolute Gasteiger partial charge is 0.356 e. The molecule has 1 unspecified atom stereocenters. The zero-order valence-corrected chi connectivity index (χ0v) is 18.0. The molecule has 132 valence electrons. The molecule has 0 saturated carbocycles. The van der Waals surface area contributed by atoms with Gasteiger partial charge in [0.15, 0.2) is 5.96 Å². The summed E-state index contributed by atoms with van der Waals surface area (Å²) in [5, 5.41) is 9.02. The van der Waals surface area contributed by atoms with Crippen LogP contribution in [0.4, 0.5) is 0 Å². The molecule has 1 atom stereocenters. The number of halogens is 1. The lowest BCUT2D eigenvalue weighted by Crippen LogP contribution is -2.44. The van der Waals surface area contributed by atoms with Crippen molar-refractivity contribution in [2.24, 2.45) is 10.9 Å². The normalized spacial score (nSPS) is 19.2. The van der Waals surface area contributed by atoms with Crippen molar-refractivity contribution in [3.63, 3.8) is 0 Å². The van der Waals surface area contributed by atoms with Gasteiger partial charge in [0.25, 0.3) is 0 Å². The van der Waals surface area contributed by atoms with Crippen LogP contribution in [0.3, 0.4) is 0 Å². The number of hydrogen-bond acceptors (Lipinski definition) is 4. The molecule has 4 nitrogen and oxygen atoms in total. The zero-order valence-electron chi connectivity index (χ0n) is 14.1. The molecular weight excluding hydrogens is 439 g/mol. The van der Waals surface area contributed by atoms with Crippen LogP contribution in [0.2, 0.25) is 0 Å². The second-order valence-electron chi connectivity index (χ2n) is 5.70. The summed E-state index contributed by atoms with van der Waals surface area (Å²) in [6.45, 7) is 5.51. The maximum absolute atomic E-state index is 4.30. The number of guanidine groups is 1. The highest BCUT2D eigenvalue weighted by Crippen LogP contribution is 2.19. The van der Waals surface area contributed by atoms with E-state index in [1.165, 1.54) is 30.8 Å². The number of piperidine rings is 1. The second-order valence-corrected chi connectivity index (χ2v) is 7.71. The van der Waals surface area contributed by atoms with Crippen molar-refractivity contribution in [2.45, 2.75) is 19.4 Å². The van der Waals surface area contributed by atoms with E-state index in [-0.39, 0.29) is 24.0 Å². The van der Waals surface area contributed by atoms with Crippen LogP contribution in [0.15, 0.2) is 22.5 Å². The summed E-state index contributed by atoms with van der Waals surface area (Å²) >= 11 is 3.71. The van der Waals surface area contributed by atoms with Crippen LogP contribution >= 0.6 is 47.1 Å². The van der Waals surface area contributed by atoms with E-state index in [0.717, 1.165) is 31.3 Å². The highest BCUT2D eigenvalue weighted by molar-refractivity contribution is 14.0. The molecule has 0 aliphatic carbocycles. The Balaban J connectivity index is 0.00000264. The van der Waals surface area contributed by atoms with Crippen LogP contribution in [0.5, 0.6) is 0 Å². The van der Waals surface area contributed by atoms with Gasteiger partial charge in [0.2, 0.25) is 0 Å². The predicted molar refractivity (Wildman–Crippen MR) is 115 cm³/mol. The molecule has 1 aromatic rings. The van der Waals surface area contributed by atoms with E-state index in [1.807, 2.05) is 30.1 Å². The standard InChI is InChI=1S/C16H28N4S2.HI/c1-17-16(18-7-10-21-2)19-11-14-5-3-8-20(12-14)13-15-6-4-9-22-15;/h4,6,9,14H,3,5,7-8,10-13H2,1-2H3,(H2,17,18,19);1H. The Bertz CT molecular complexity index is 439. The third-order valence-electron chi connectivity index (χ3n) is 3.94. The van der Waals surface area contributed by atoms with Crippen molar-refractivity contribution >= 4 is 53.0 Å². The van der Waals surface area contributed by atoms with E-state index in [9.17, 15) is 0 Å². The summed E-state index contributed by atoms with van der Waals surface area (Å²) in [7, 11) is 1.85. The number of aliphatic imine (C=N–C) groups is 1. The van der Waals surface area contributed by atoms with E-state index < -0.39 is 0 Å². The van der Waals surface area contributed by atoms with Crippen LogP contribution < -0.4 is 10.6 Å². The van der Waals surface area contributed by atoms with Crippen molar-refractivity contribution in [3.8, 4) is 0 Å². The van der Waals surface area contributed by atoms with Gasteiger partial charge in [0.1, 0.15) is 0 Å². The summed E-state index contributed by atoms with van der Waals surface area (Å²) in [5.74, 6) is 2.76. The van der Waals surface area contributed by atoms with E-state index in [0.29, 0.717) is 5.92 Å². The first kappa shape index (κ1) is 21.1. The van der Waals surface area contributed by atoms with Crippen LogP contribution in [-0.2, 0) is 6.54 Å². The smallest absolute Gasteiger partial charge is 0.191 e. The SMILES string of the molecule is CN=C(NCCSC)NCC1CCCN(Cc2cccs2)C1.I. The van der Waals surface area contributed by atoms with Gasteiger partial charge in [-0.25, -0.2) is 0 Å². The second kappa shape index (κ2) is 12.4. The summed E-state index contributed by atoms with van der Waals surface area (Å²) in [6, 6.07) is 4.39. The van der Waals surface area contributed by atoms with Crippen molar-refractivity contribution in [1.82, 2.24) is 15.5 Å². The first-order valence-corrected chi connectivity index (χ1v) is 10.3. The van der Waals surface area contributed by atoms with Crippen molar-refractivity contribution in [1.29, 1.82) is 0 Å². The molecule has 2 N–H and O–H groups in total. The molecule has 0 bridgehead atoms. The number of nitrogens with zero attached hydrogens (tertiary/aromatic N) is 2. The number of hydrogen-bond donors (Lipinski definition) is 2. The Morgan fingerprint density at radius 3 is 3.04 bits per heavy atom. The average molecular weight is 468 g/mol. The van der Waals surface area contributed by atoms with Gasteiger partial charge in [-0.3, -0.25) is 9.89 Å². The highest BCUT2D eigenvalue weighted by atomic mass is 127. The Morgan fingerprint density at radius 1 is 1.48 bits per heavy atom.